The van der Waals surface area contributed by atoms with Gasteiger partial charge in [0.25, 0.3) is 23.6 Å². The molecule has 17 nitrogen and oxygen atoms in total. The molecular formula is C42H33N5O12S. The van der Waals surface area contributed by atoms with Crippen molar-refractivity contribution < 1.29 is 57.2 Å². The summed E-state index contributed by atoms with van der Waals surface area (Å²) in [6, 6.07) is 25.1. The van der Waals surface area contributed by atoms with Gasteiger partial charge < -0.3 is 28.4 Å². The Morgan fingerprint density at radius 2 is 1.27 bits per heavy atom. The van der Waals surface area contributed by atoms with Crippen LogP contribution in [0.15, 0.2) is 120 Å². The summed E-state index contributed by atoms with van der Waals surface area (Å²) in [5, 5.41) is 4.91. The number of ether oxygens (including phenoxy) is 6. The molecule has 0 spiro atoms. The average Bonchev–Trinajstić information content (AvgIpc) is 3.93. The van der Waals surface area contributed by atoms with Crippen molar-refractivity contribution in [1.29, 1.82) is 0 Å². The zero-order chi connectivity index (χ0) is 41.8. The second-order valence-electron chi connectivity index (χ2n) is 12.6. The van der Waals surface area contributed by atoms with Gasteiger partial charge in [-0.15, -0.1) is 0 Å². The Hall–Kier alpha value is -7.54. The molecule has 3 heterocycles. The average molecular weight is 832 g/mol. The van der Waals surface area contributed by atoms with E-state index in [1.165, 1.54) is 41.8 Å². The number of carbonyl (C=O) groups is 6. The third-order valence-electron chi connectivity index (χ3n) is 8.60. The fourth-order valence-electron chi connectivity index (χ4n) is 5.50. The van der Waals surface area contributed by atoms with Crippen molar-refractivity contribution in [2.24, 2.45) is 5.10 Å². The van der Waals surface area contributed by atoms with E-state index in [-0.39, 0.29) is 50.5 Å². The van der Waals surface area contributed by atoms with Crippen LogP contribution in [-0.4, -0.2) is 90.2 Å². The second-order valence-corrected chi connectivity index (χ2v) is 13.7. The van der Waals surface area contributed by atoms with E-state index in [0.717, 1.165) is 49.9 Å². The standard InChI is InChI=1S/C42H33N5O12S/c48-36-15-16-37(49)46(36)23-54-25-57-31-10-6-28(7-11-31)40(52)56-20-19-27-5-14-34(30(21-27)22-43-45-42-44-33-3-1-2-4-35(33)60-42)59-41(53)29-8-12-32(13-9-29)58-26-55-24-47-38(50)17-18-39(47)51/h1-18,21-22H,19-20,23-26H2,(H,44,45)/b43-22+. The van der Waals surface area contributed by atoms with Crippen molar-refractivity contribution in [3.63, 3.8) is 0 Å². The Kier molecular flexibility index (Phi) is 13.1. The summed E-state index contributed by atoms with van der Waals surface area (Å²) in [5.41, 5.74) is 5.49. The van der Waals surface area contributed by atoms with Crippen LogP contribution in [0.1, 0.15) is 31.8 Å². The first-order chi connectivity index (χ1) is 29.2. The smallest absolute Gasteiger partial charge is 0.343 e. The lowest BCUT2D eigenvalue weighted by Crippen LogP contribution is -2.32. The largest absolute Gasteiger partial charge is 0.467 e. The summed E-state index contributed by atoms with van der Waals surface area (Å²) in [6.45, 7) is -0.940. The summed E-state index contributed by atoms with van der Waals surface area (Å²) in [5.74, 6) is -2.08. The molecule has 304 valence electrons. The number of fused-ring (bicyclic) bond motifs is 1. The number of nitrogens with zero attached hydrogens (tertiary/aromatic N) is 4. The van der Waals surface area contributed by atoms with E-state index in [9.17, 15) is 28.8 Å². The molecule has 4 aromatic carbocycles. The van der Waals surface area contributed by atoms with Crippen molar-refractivity contribution >= 4 is 68.5 Å². The quantitative estimate of drug-likeness (QED) is 0.0226. The number of nitrogens with one attached hydrogen (secondary N) is 1. The van der Waals surface area contributed by atoms with E-state index >= 15 is 0 Å². The van der Waals surface area contributed by atoms with Gasteiger partial charge in [0.1, 0.15) is 30.7 Å². The van der Waals surface area contributed by atoms with Crippen LogP contribution in [0.25, 0.3) is 10.2 Å². The van der Waals surface area contributed by atoms with Gasteiger partial charge in [0.05, 0.1) is 34.2 Å². The van der Waals surface area contributed by atoms with Gasteiger partial charge in [0.15, 0.2) is 13.6 Å². The Bertz CT molecular complexity index is 2450. The molecule has 60 heavy (non-hydrogen) atoms. The molecule has 0 saturated carbocycles. The van der Waals surface area contributed by atoms with E-state index in [1.54, 1.807) is 42.5 Å². The van der Waals surface area contributed by atoms with E-state index in [4.69, 9.17) is 28.4 Å². The zero-order valence-electron chi connectivity index (χ0n) is 31.4. The molecular weight excluding hydrogens is 799 g/mol. The van der Waals surface area contributed by atoms with Crippen LogP contribution in [0, 0.1) is 0 Å². The first-order valence-corrected chi connectivity index (χ1v) is 18.9. The molecule has 2 aliphatic rings. The van der Waals surface area contributed by atoms with Crippen LogP contribution in [0.4, 0.5) is 5.13 Å². The fraction of sp³-hybridized carbons (Fsp3) is 0.143. The predicted octanol–water partition coefficient (Wildman–Crippen LogP) is 4.83. The lowest BCUT2D eigenvalue weighted by Gasteiger charge is -2.14. The number of thiazole rings is 1. The highest BCUT2D eigenvalue weighted by atomic mass is 32.1. The van der Waals surface area contributed by atoms with Gasteiger partial charge in [0, 0.05) is 36.3 Å². The lowest BCUT2D eigenvalue weighted by atomic mass is 10.1. The molecule has 2 aliphatic heterocycles. The Labute approximate surface area is 345 Å². The molecule has 0 bridgehead atoms. The van der Waals surface area contributed by atoms with Gasteiger partial charge in [-0.25, -0.2) is 14.6 Å². The number of para-hydroxylation sites is 1. The molecule has 0 saturated heterocycles. The second kappa shape index (κ2) is 19.3. The number of imide groups is 2. The molecule has 0 aliphatic carbocycles. The van der Waals surface area contributed by atoms with Gasteiger partial charge >= 0.3 is 11.9 Å². The molecule has 0 fully saturated rings. The third-order valence-corrected chi connectivity index (χ3v) is 9.54. The number of benzene rings is 4. The van der Waals surface area contributed by atoms with E-state index < -0.39 is 35.6 Å². The molecule has 1 aromatic heterocycles. The number of anilines is 1. The van der Waals surface area contributed by atoms with Crippen LogP contribution >= 0.6 is 11.3 Å². The van der Waals surface area contributed by atoms with Gasteiger partial charge in [-0.05, 0) is 78.4 Å². The monoisotopic (exact) mass is 831 g/mol. The highest BCUT2D eigenvalue weighted by molar-refractivity contribution is 7.22. The van der Waals surface area contributed by atoms with Crippen molar-refractivity contribution in [1.82, 2.24) is 14.8 Å². The van der Waals surface area contributed by atoms with Crippen LogP contribution in [0.2, 0.25) is 0 Å². The van der Waals surface area contributed by atoms with Crippen LogP contribution in [0.3, 0.4) is 0 Å². The van der Waals surface area contributed by atoms with E-state index in [0.29, 0.717) is 28.6 Å². The fourth-order valence-corrected chi connectivity index (χ4v) is 6.31. The molecule has 4 amide bonds. The summed E-state index contributed by atoms with van der Waals surface area (Å²) in [6.07, 6.45) is 6.46. The highest BCUT2D eigenvalue weighted by Crippen LogP contribution is 2.26. The number of amides is 4. The molecule has 0 radical (unpaired) electrons. The summed E-state index contributed by atoms with van der Waals surface area (Å²) >= 11 is 1.43. The number of hydrogen-bond acceptors (Lipinski definition) is 16. The van der Waals surface area contributed by atoms with E-state index in [2.05, 4.69) is 15.5 Å². The third kappa shape index (κ3) is 10.5. The van der Waals surface area contributed by atoms with Gasteiger partial charge in [-0.3, -0.25) is 34.4 Å². The van der Waals surface area contributed by atoms with Crippen LogP contribution < -0.4 is 19.6 Å². The van der Waals surface area contributed by atoms with Crippen molar-refractivity contribution in [3.05, 3.63) is 138 Å². The molecule has 18 heteroatoms. The Morgan fingerprint density at radius 3 is 1.85 bits per heavy atom. The number of rotatable bonds is 19. The molecule has 0 unspecified atom stereocenters. The minimum Gasteiger partial charge on any atom is -0.467 e. The summed E-state index contributed by atoms with van der Waals surface area (Å²) in [4.78, 5) is 78.9. The topological polar surface area (TPSA) is 202 Å². The number of hydrazone groups is 1. The SMILES string of the molecule is O=C(OCCc1ccc(OC(=O)c2ccc(OCOCN3C(=O)C=CC3=O)cc2)c(/C=N/Nc2nc3ccccc3s2)c1)c1ccc(OCOCN2C(=O)C=CC2=O)cc1. The van der Waals surface area contributed by atoms with Crippen molar-refractivity contribution in [2.75, 3.05) is 39.1 Å². The number of hydrogen-bond donors (Lipinski definition) is 1. The Morgan fingerprint density at radius 1 is 0.700 bits per heavy atom. The lowest BCUT2D eigenvalue weighted by molar-refractivity contribution is -0.147. The first kappa shape index (κ1) is 40.6. The predicted molar refractivity (Wildman–Crippen MR) is 214 cm³/mol. The maximum absolute atomic E-state index is 13.2. The normalized spacial score (nSPS) is 13.5. The summed E-state index contributed by atoms with van der Waals surface area (Å²) < 4.78 is 33.8. The van der Waals surface area contributed by atoms with Crippen molar-refractivity contribution in [2.45, 2.75) is 6.42 Å². The van der Waals surface area contributed by atoms with Gasteiger partial charge in [-0.2, -0.15) is 5.10 Å². The highest BCUT2D eigenvalue weighted by Gasteiger charge is 2.24. The summed E-state index contributed by atoms with van der Waals surface area (Å²) in [7, 11) is 0. The minimum absolute atomic E-state index is 0.0402. The minimum atomic E-state index is -0.650. The van der Waals surface area contributed by atoms with Gasteiger partial charge in [-0.1, -0.05) is 29.5 Å². The number of esters is 2. The van der Waals surface area contributed by atoms with Crippen LogP contribution in [-0.2, 0) is 39.8 Å². The Balaban J connectivity index is 0.929. The maximum Gasteiger partial charge on any atom is 0.343 e. The maximum atomic E-state index is 13.2. The first-order valence-electron chi connectivity index (χ1n) is 18.1. The van der Waals surface area contributed by atoms with Crippen molar-refractivity contribution in [3.8, 4) is 17.2 Å². The molecule has 5 aromatic rings. The van der Waals surface area contributed by atoms with Crippen LogP contribution in [0.5, 0.6) is 17.2 Å². The molecule has 0 atom stereocenters. The number of carbonyl (C=O) groups excluding carboxylic acids is 6. The van der Waals surface area contributed by atoms with E-state index in [1.807, 2.05) is 24.3 Å². The zero-order valence-corrected chi connectivity index (χ0v) is 32.2. The molecule has 7 rings (SSSR count). The number of aromatic nitrogens is 1. The van der Waals surface area contributed by atoms with Gasteiger partial charge in [0.2, 0.25) is 5.13 Å². The molecule has 1 N–H and O–H groups in total.